The van der Waals surface area contributed by atoms with E-state index in [9.17, 15) is 4.79 Å². The minimum absolute atomic E-state index is 0.148. The van der Waals surface area contributed by atoms with E-state index in [2.05, 4.69) is 32.3 Å². The van der Waals surface area contributed by atoms with E-state index in [1.54, 1.807) is 11.3 Å². The first-order valence-corrected chi connectivity index (χ1v) is 10.4. The van der Waals surface area contributed by atoms with Crippen LogP contribution in [0.4, 0.5) is 0 Å². The van der Waals surface area contributed by atoms with Gasteiger partial charge in [0.25, 0.3) is 0 Å². The molecule has 2 bridgehead atoms. The van der Waals surface area contributed by atoms with Gasteiger partial charge in [-0.05, 0) is 51.1 Å². The number of fused-ring (bicyclic) bond motifs is 3. The SMILES string of the molecule is Cc1nnc(-c2ccc3nnc(CC(=O)N4CC5CCC(C4)N5C)cc3c2)s1. The van der Waals surface area contributed by atoms with Gasteiger partial charge >= 0.3 is 0 Å². The van der Waals surface area contributed by atoms with Gasteiger partial charge in [0, 0.05) is 36.1 Å². The number of rotatable bonds is 3. The van der Waals surface area contributed by atoms with Crippen molar-refractivity contribution in [2.24, 2.45) is 0 Å². The number of carbonyl (C=O) groups is 1. The molecule has 2 aliphatic rings. The second kappa shape index (κ2) is 6.86. The van der Waals surface area contributed by atoms with Crippen molar-refractivity contribution < 1.29 is 4.79 Å². The highest BCUT2D eigenvalue weighted by Crippen LogP contribution is 2.29. The van der Waals surface area contributed by atoms with Crippen molar-refractivity contribution in [1.29, 1.82) is 0 Å². The van der Waals surface area contributed by atoms with Crippen LogP contribution in [-0.4, -0.2) is 68.3 Å². The quantitative estimate of drug-likeness (QED) is 0.679. The molecule has 0 saturated carbocycles. The largest absolute Gasteiger partial charge is 0.339 e. The fraction of sp³-hybridized carbons (Fsp3) is 0.450. The lowest BCUT2D eigenvalue weighted by atomic mass is 10.1. The summed E-state index contributed by atoms with van der Waals surface area (Å²) in [7, 11) is 2.18. The van der Waals surface area contributed by atoms with E-state index >= 15 is 0 Å². The smallest absolute Gasteiger partial charge is 0.228 e. The van der Waals surface area contributed by atoms with Crippen molar-refractivity contribution in [3.8, 4) is 10.6 Å². The van der Waals surface area contributed by atoms with Gasteiger partial charge in [0.15, 0.2) is 0 Å². The molecule has 2 atom stereocenters. The first kappa shape index (κ1) is 17.6. The van der Waals surface area contributed by atoms with Crippen LogP contribution in [0.1, 0.15) is 23.5 Å². The Balaban J connectivity index is 1.36. The van der Waals surface area contributed by atoms with Crippen LogP contribution < -0.4 is 0 Å². The van der Waals surface area contributed by atoms with E-state index in [-0.39, 0.29) is 5.91 Å². The maximum absolute atomic E-state index is 12.8. The van der Waals surface area contributed by atoms with E-state index in [0.29, 0.717) is 18.5 Å². The van der Waals surface area contributed by atoms with Gasteiger partial charge in [0.2, 0.25) is 5.91 Å². The highest BCUT2D eigenvalue weighted by atomic mass is 32.1. The average Bonchev–Trinajstić information content (AvgIpc) is 3.19. The van der Waals surface area contributed by atoms with Crippen molar-refractivity contribution in [1.82, 2.24) is 30.2 Å². The third kappa shape index (κ3) is 3.16. The summed E-state index contributed by atoms with van der Waals surface area (Å²) >= 11 is 1.57. The first-order valence-electron chi connectivity index (χ1n) is 9.63. The number of aryl methyl sites for hydroxylation is 1. The maximum atomic E-state index is 12.8. The molecule has 1 aromatic carbocycles. The molecule has 5 rings (SSSR count). The van der Waals surface area contributed by atoms with E-state index in [1.807, 2.05) is 36.1 Å². The van der Waals surface area contributed by atoms with Crippen molar-refractivity contribution in [2.45, 2.75) is 38.3 Å². The summed E-state index contributed by atoms with van der Waals surface area (Å²) < 4.78 is 0. The monoisotopic (exact) mass is 394 g/mol. The molecule has 1 amide bonds. The normalized spacial score (nSPS) is 22.1. The molecule has 0 aliphatic carbocycles. The Kier molecular flexibility index (Phi) is 4.32. The molecule has 8 heteroatoms. The Morgan fingerprint density at radius 1 is 1.11 bits per heavy atom. The number of likely N-dealkylation sites (tertiary alicyclic amines) is 1. The van der Waals surface area contributed by atoms with Gasteiger partial charge in [-0.3, -0.25) is 9.69 Å². The van der Waals surface area contributed by atoms with Crippen LogP contribution in [0.5, 0.6) is 0 Å². The molecule has 0 spiro atoms. The molecule has 28 heavy (non-hydrogen) atoms. The molecule has 3 aromatic rings. The number of hydrogen-bond acceptors (Lipinski definition) is 7. The summed E-state index contributed by atoms with van der Waals surface area (Å²) in [6.45, 7) is 3.60. The number of likely N-dealkylation sites (N-methyl/N-ethyl adjacent to an activating group) is 1. The van der Waals surface area contributed by atoms with Crippen LogP contribution in [0, 0.1) is 6.92 Å². The molecule has 0 radical (unpaired) electrons. The molecule has 2 aliphatic heterocycles. The molecule has 7 nitrogen and oxygen atoms in total. The fourth-order valence-electron chi connectivity index (χ4n) is 4.30. The summed E-state index contributed by atoms with van der Waals surface area (Å²) in [5.74, 6) is 0.148. The first-order chi connectivity index (χ1) is 13.6. The van der Waals surface area contributed by atoms with Crippen LogP contribution >= 0.6 is 11.3 Å². The second-order valence-electron chi connectivity index (χ2n) is 7.76. The van der Waals surface area contributed by atoms with Gasteiger partial charge in [0.05, 0.1) is 17.6 Å². The Bertz CT molecular complexity index is 1040. The lowest BCUT2D eigenvalue weighted by Crippen LogP contribution is -2.54. The standard InChI is InChI=1S/C20H22N6OS/c1-12-21-24-20(28-12)13-3-6-18-14(7-13)8-15(22-23-18)9-19(27)26-10-16-4-5-17(11-26)25(16)2/h3,6-8,16-17H,4-5,9-11H2,1-2H3. The maximum Gasteiger partial charge on any atom is 0.228 e. The van der Waals surface area contributed by atoms with E-state index < -0.39 is 0 Å². The van der Waals surface area contributed by atoms with E-state index in [1.165, 1.54) is 12.8 Å². The molecule has 2 aromatic heterocycles. The summed E-state index contributed by atoms with van der Waals surface area (Å²) in [4.78, 5) is 17.3. The van der Waals surface area contributed by atoms with Gasteiger partial charge < -0.3 is 4.90 Å². The van der Waals surface area contributed by atoms with Crippen molar-refractivity contribution >= 4 is 28.1 Å². The van der Waals surface area contributed by atoms with Crippen LogP contribution in [0.15, 0.2) is 24.3 Å². The van der Waals surface area contributed by atoms with Crippen LogP contribution in [-0.2, 0) is 11.2 Å². The number of carbonyl (C=O) groups excluding carboxylic acids is 1. The summed E-state index contributed by atoms with van der Waals surface area (Å²) in [6, 6.07) is 8.96. The minimum Gasteiger partial charge on any atom is -0.339 e. The molecular weight excluding hydrogens is 372 g/mol. The summed E-state index contributed by atoms with van der Waals surface area (Å²) in [5.41, 5.74) is 2.55. The molecular formula is C20H22N6OS. The fourth-order valence-corrected chi connectivity index (χ4v) is 4.99. The minimum atomic E-state index is 0.148. The molecule has 2 unspecified atom stereocenters. The number of piperazine rings is 1. The van der Waals surface area contributed by atoms with Crippen LogP contribution in [0.3, 0.4) is 0 Å². The molecule has 2 saturated heterocycles. The highest BCUT2D eigenvalue weighted by molar-refractivity contribution is 7.14. The second-order valence-corrected chi connectivity index (χ2v) is 8.94. The predicted octanol–water partition coefficient (Wildman–Crippen LogP) is 2.30. The lowest BCUT2D eigenvalue weighted by molar-refractivity contribution is -0.133. The number of aromatic nitrogens is 4. The van der Waals surface area contributed by atoms with Gasteiger partial charge in [-0.15, -0.1) is 10.2 Å². The lowest BCUT2D eigenvalue weighted by Gasteiger charge is -2.38. The Morgan fingerprint density at radius 2 is 1.89 bits per heavy atom. The molecule has 4 heterocycles. The Hall–Kier alpha value is -2.45. The van der Waals surface area contributed by atoms with E-state index in [4.69, 9.17) is 0 Å². The zero-order chi connectivity index (χ0) is 19.3. The molecule has 0 N–H and O–H groups in total. The highest BCUT2D eigenvalue weighted by Gasteiger charge is 2.38. The van der Waals surface area contributed by atoms with Crippen molar-refractivity contribution in [3.05, 3.63) is 35.0 Å². The Morgan fingerprint density at radius 3 is 2.61 bits per heavy atom. The third-order valence-electron chi connectivity index (χ3n) is 5.94. The zero-order valence-electron chi connectivity index (χ0n) is 16.0. The zero-order valence-corrected chi connectivity index (χ0v) is 16.8. The topological polar surface area (TPSA) is 75.1 Å². The predicted molar refractivity (Wildman–Crippen MR) is 108 cm³/mol. The van der Waals surface area contributed by atoms with Gasteiger partial charge in [0.1, 0.15) is 10.0 Å². The molecule has 2 fully saturated rings. The van der Waals surface area contributed by atoms with Crippen LogP contribution in [0.2, 0.25) is 0 Å². The number of amides is 1. The van der Waals surface area contributed by atoms with E-state index in [0.717, 1.165) is 45.3 Å². The third-order valence-corrected chi connectivity index (χ3v) is 6.83. The number of benzene rings is 1. The van der Waals surface area contributed by atoms with Crippen molar-refractivity contribution in [3.63, 3.8) is 0 Å². The van der Waals surface area contributed by atoms with Gasteiger partial charge in [-0.2, -0.15) is 10.2 Å². The summed E-state index contributed by atoms with van der Waals surface area (Å²) in [6.07, 6.45) is 2.68. The van der Waals surface area contributed by atoms with Gasteiger partial charge in [-0.25, -0.2) is 0 Å². The average molecular weight is 395 g/mol. The van der Waals surface area contributed by atoms with Crippen LogP contribution in [0.25, 0.3) is 21.5 Å². The number of nitrogens with zero attached hydrogens (tertiary/aromatic N) is 6. The molecule has 144 valence electrons. The Labute approximate surface area is 167 Å². The summed E-state index contributed by atoms with van der Waals surface area (Å²) in [5, 5.41) is 19.7. The van der Waals surface area contributed by atoms with Crippen molar-refractivity contribution in [2.75, 3.05) is 20.1 Å². The van der Waals surface area contributed by atoms with Gasteiger partial charge in [-0.1, -0.05) is 11.3 Å². The number of hydrogen-bond donors (Lipinski definition) is 0.